The number of nitrogens with one attached hydrogen (secondary N) is 1. The van der Waals surface area contributed by atoms with Crippen LogP contribution in [-0.2, 0) is 42.7 Å². The third kappa shape index (κ3) is 8.97. The van der Waals surface area contributed by atoms with E-state index in [1.807, 2.05) is 78.8 Å². The van der Waals surface area contributed by atoms with Gasteiger partial charge in [-0.1, -0.05) is 69.0 Å². The monoisotopic (exact) mass is 914 g/mol. The van der Waals surface area contributed by atoms with Crippen molar-refractivity contribution >= 4 is 17.7 Å². The molecule has 5 aliphatic rings. The van der Waals surface area contributed by atoms with Gasteiger partial charge in [-0.15, -0.1) is 0 Å². The van der Waals surface area contributed by atoms with E-state index in [0.717, 1.165) is 0 Å². The van der Waals surface area contributed by atoms with Crippen LogP contribution in [0.2, 0.25) is 0 Å². The summed E-state index contributed by atoms with van der Waals surface area (Å²) in [6, 6.07) is 16.9. The van der Waals surface area contributed by atoms with E-state index >= 15 is 4.79 Å². The van der Waals surface area contributed by atoms with E-state index in [1.165, 1.54) is 14.0 Å². The molecule has 66 heavy (non-hydrogen) atoms. The molecule has 2 bridgehead atoms. The predicted octanol–water partition coefficient (Wildman–Crippen LogP) is 6.23. The van der Waals surface area contributed by atoms with E-state index in [9.17, 15) is 19.8 Å². The summed E-state index contributed by atoms with van der Waals surface area (Å²) in [7, 11) is 1.54. The van der Waals surface area contributed by atoms with Crippen LogP contribution in [0.5, 0.6) is 0 Å². The molecule has 360 valence electrons. The Morgan fingerprint density at radius 2 is 1.64 bits per heavy atom. The minimum Gasteiger partial charge on any atom is -0.488 e. The highest BCUT2D eigenvalue weighted by Gasteiger charge is 2.78. The number of morpholine rings is 1. The molecule has 2 aliphatic heterocycles. The lowest BCUT2D eigenvalue weighted by Gasteiger charge is -2.68. The maximum atomic E-state index is 16.3. The summed E-state index contributed by atoms with van der Waals surface area (Å²) in [6.07, 6.45) is -5.01. The van der Waals surface area contributed by atoms with Crippen LogP contribution in [-0.4, -0.2) is 127 Å². The predicted molar refractivity (Wildman–Crippen MR) is 246 cm³/mol. The normalized spacial score (nSPS) is 32.7. The topological polar surface area (TPSA) is 172 Å². The number of fused-ring (bicyclic) bond motifs is 5. The first-order valence-electron chi connectivity index (χ1n) is 23.2. The van der Waals surface area contributed by atoms with E-state index in [0.29, 0.717) is 56.0 Å². The van der Waals surface area contributed by atoms with Crippen LogP contribution < -0.4 is 5.32 Å². The number of esters is 2. The summed E-state index contributed by atoms with van der Waals surface area (Å²) in [5, 5.41) is 29.6. The zero-order valence-electron chi connectivity index (χ0n) is 40.1. The fourth-order valence-corrected chi connectivity index (χ4v) is 11.8. The van der Waals surface area contributed by atoms with E-state index in [4.69, 9.17) is 33.2 Å². The van der Waals surface area contributed by atoms with Crippen LogP contribution in [0.3, 0.4) is 0 Å². The van der Waals surface area contributed by atoms with Crippen LogP contribution in [0.4, 0.5) is 0 Å². The molecule has 7 rings (SSSR count). The largest absolute Gasteiger partial charge is 0.488 e. The molecule has 0 unspecified atom stereocenters. The number of hydrogen-bond donors (Lipinski definition) is 3. The Hall–Kier alpha value is -4.57. The lowest BCUT2D eigenvalue weighted by atomic mass is 9.43. The first kappa shape index (κ1) is 49.3. The molecule has 0 aromatic heterocycles. The van der Waals surface area contributed by atoms with Gasteiger partial charge in [0.05, 0.1) is 48.9 Å². The van der Waals surface area contributed by atoms with Gasteiger partial charge in [-0.05, 0) is 83.0 Å². The van der Waals surface area contributed by atoms with Gasteiger partial charge in [0, 0.05) is 51.3 Å². The molecule has 4 fully saturated rings. The Labute approximate surface area is 389 Å². The van der Waals surface area contributed by atoms with Crippen molar-refractivity contribution in [1.82, 2.24) is 10.2 Å². The van der Waals surface area contributed by atoms with Gasteiger partial charge in [0.2, 0.25) is 0 Å². The molecule has 2 heterocycles. The quantitative estimate of drug-likeness (QED) is 0.104. The smallest absolute Gasteiger partial charge is 0.338 e. The molecular weight excluding hydrogens is 845 g/mol. The molecular formula is C52H70N2O12. The molecule has 0 amide bonds. The summed E-state index contributed by atoms with van der Waals surface area (Å²) < 4.78 is 44.1. The number of ketones is 1. The number of aliphatic hydroxyl groups excluding tert-OH is 1. The van der Waals surface area contributed by atoms with Crippen molar-refractivity contribution in [2.45, 2.75) is 128 Å². The number of Topliss-reactive ketones (excluding diaryl/α,β-unsaturated/α-hetero) is 1. The summed E-state index contributed by atoms with van der Waals surface area (Å²) in [5.74, 6) is -3.33. The van der Waals surface area contributed by atoms with Crippen molar-refractivity contribution in [3.05, 3.63) is 108 Å². The Morgan fingerprint density at radius 1 is 1.00 bits per heavy atom. The van der Waals surface area contributed by atoms with Gasteiger partial charge < -0.3 is 48.7 Å². The number of methoxy groups -OCH3 is 1. The zero-order valence-corrected chi connectivity index (χ0v) is 40.1. The maximum Gasteiger partial charge on any atom is 0.338 e. The highest BCUT2D eigenvalue weighted by Crippen LogP contribution is 2.66. The van der Waals surface area contributed by atoms with Crippen molar-refractivity contribution in [3.8, 4) is 0 Å². The van der Waals surface area contributed by atoms with E-state index < -0.39 is 88.0 Å². The minimum atomic E-state index is -2.03. The zero-order chi connectivity index (χ0) is 48.0. The molecule has 14 heteroatoms. The highest BCUT2D eigenvalue weighted by atomic mass is 16.6. The van der Waals surface area contributed by atoms with Crippen molar-refractivity contribution < 1.29 is 57.8 Å². The first-order valence-corrected chi connectivity index (χ1v) is 23.2. The van der Waals surface area contributed by atoms with Gasteiger partial charge in [0.1, 0.15) is 47.2 Å². The van der Waals surface area contributed by atoms with Gasteiger partial charge in [0.15, 0.2) is 11.5 Å². The number of carbonyl (C=O) groups excluding carboxylic acids is 3. The van der Waals surface area contributed by atoms with Crippen molar-refractivity contribution in [2.75, 3.05) is 46.6 Å². The second kappa shape index (κ2) is 18.8. The molecule has 0 radical (unpaired) electrons. The lowest BCUT2D eigenvalue weighted by molar-refractivity contribution is -0.347. The number of ether oxygens (including phenoxy) is 7. The summed E-state index contributed by atoms with van der Waals surface area (Å²) in [5.41, 5.74) is -4.64. The highest BCUT2D eigenvalue weighted by molar-refractivity contribution is 5.92. The van der Waals surface area contributed by atoms with Crippen LogP contribution in [0.1, 0.15) is 96.6 Å². The third-order valence-corrected chi connectivity index (χ3v) is 15.0. The van der Waals surface area contributed by atoms with Crippen LogP contribution in [0.15, 0.2) is 96.6 Å². The van der Waals surface area contributed by atoms with Crippen molar-refractivity contribution in [2.24, 2.45) is 22.7 Å². The maximum absolute atomic E-state index is 16.3. The van der Waals surface area contributed by atoms with Crippen LogP contribution >= 0.6 is 0 Å². The number of hydrogen-bond acceptors (Lipinski definition) is 14. The summed E-state index contributed by atoms with van der Waals surface area (Å²) in [6.45, 7) is 25.7. The van der Waals surface area contributed by atoms with Crippen LogP contribution in [0.25, 0.3) is 0 Å². The van der Waals surface area contributed by atoms with Crippen molar-refractivity contribution in [3.63, 3.8) is 0 Å². The number of aliphatic hydroxyl groups is 2. The summed E-state index contributed by atoms with van der Waals surface area (Å²) in [4.78, 5) is 46.5. The molecule has 2 saturated heterocycles. The van der Waals surface area contributed by atoms with Gasteiger partial charge in [-0.2, -0.15) is 0 Å². The molecule has 3 aliphatic carbocycles. The minimum absolute atomic E-state index is 0.0254. The Balaban J connectivity index is 1.40. The third-order valence-electron chi connectivity index (χ3n) is 15.0. The average Bonchev–Trinajstić information content (AvgIpc) is 3.26. The lowest BCUT2D eigenvalue weighted by Crippen LogP contribution is -2.81. The second-order valence-corrected chi connectivity index (χ2v) is 20.5. The molecule has 11 atom stereocenters. The standard InChI is InChI=1S/C52H70N2O12/c1-31-38(63-32(2)43(56)42(35-18-14-12-15-19-35)53-33(3)65-48(5,6)7)29-52(59)46(64-47(58)36-20-16-13-17-21-36)44-50(10,39(60-11)28-40-51(44,30-62-40)66-34(4)55)45(57)37(41(31)49(52,8)9)22-23-54-24-26-61-27-25-54/h12-21,37-40,42-44,46,53,56,59H,2-3,22-30H2,1,4-11H3/t37-,38+,39+,40-,42+,43+,44+,46+,50-,51+,52-/m1/s1. The van der Waals surface area contributed by atoms with Gasteiger partial charge in [-0.3, -0.25) is 14.5 Å². The molecule has 3 N–H and O–H groups in total. The molecule has 2 saturated carbocycles. The fraction of sp³-hybridized carbons (Fsp3) is 0.596. The summed E-state index contributed by atoms with van der Waals surface area (Å²) >= 11 is 0. The Morgan fingerprint density at radius 3 is 2.21 bits per heavy atom. The van der Waals surface area contributed by atoms with Gasteiger partial charge in [0.25, 0.3) is 0 Å². The molecule has 0 spiro atoms. The molecule has 2 aromatic rings. The van der Waals surface area contributed by atoms with Crippen molar-refractivity contribution in [1.29, 1.82) is 0 Å². The average molecular weight is 915 g/mol. The number of benzene rings is 2. The molecule has 2 aromatic carbocycles. The van der Waals surface area contributed by atoms with E-state index in [2.05, 4.69) is 23.4 Å². The Bertz CT molecular complexity index is 2160. The van der Waals surface area contributed by atoms with Gasteiger partial charge in [-0.25, -0.2) is 4.79 Å². The van der Waals surface area contributed by atoms with E-state index in [1.54, 1.807) is 30.3 Å². The number of nitrogens with zero attached hydrogens (tertiary/aromatic N) is 1. The second-order valence-electron chi connectivity index (χ2n) is 20.5. The number of rotatable bonds is 15. The first-order chi connectivity index (χ1) is 31.1. The van der Waals surface area contributed by atoms with Crippen LogP contribution in [0, 0.1) is 22.7 Å². The van der Waals surface area contributed by atoms with E-state index in [-0.39, 0.29) is 42.4 Å². The number of carbonyl (C=O) groups is 3. The Kier molecular flexibility index (Phi) is 14.1. The molecule has 14 nitrogen and oxygen atoms in total. The fourth-order valence-electron chi connectivity index (χ4n) is 11.8. The SMILES string of the molecule is C=C(N[C@@H](c1ccccc1)[C@@H](O)C(=C)O[C@H]1C[C@@]2(O)[C@@H](OC(=O)c3ccccc3)[C@@H]3[C@]4(OC(C)=O)CO[C@@H]4C[C@H](OC)[C@@]3(C)C(=O)[C@H](CCN3CCOCC3)C(=C1C)C2(C)C)OC(C)(C)C. The van der Waals surface area contributed by atoms with Gasteiger partial charge >= 0.3 is 11.9 Å².